The number of rotatable bonds is 8. The zero-order chi connectivity index (χ0) is 21.6. The van der Waals surface area contributed by atoms with Crippen molar-refractivity contribution in [2.75, 3.05) is 10.9 Å². The van der Waals surface area contributed by atoms with Gasteiger partial charge in [0.1, 0.15) is 5.75 Å². The highest BCUT2D eigenvalue weighted by atomic mass is 32.2. The molecule has 0 bridgehead atoms. The van der Waals surface area contributed by atoms with Crippen molar-refractivity contribution in [2.24, 2.45) is 0 Å². The van der Waals surface area contributed by atoms with Crippen LogP contribution in [0.25, 0.3) is 0 Å². The molecular formula is C24H25NO4S. The molecular weight excluding hydrogens is 398 g/mol. The van der Waals surface area contributed by atoms with Gasteiger partial charge in [-0.25, -0.2) is 12.7 Å². The summed E-state index contributed by atoms with van der Waals surface area (Å²) in [6, 6.07) is 22.6. The number of para-hydroxylation sites is 1. The quantitative estimate of drug-likeness (QED) is 0.484. The molecule has 6 heteroatoms. The van der Waals surface area contributed by atoms with Gasteiger partial charge in [-0.05, 0) is 62.2 Å². The molecule has 5 nitrogen and oxygen atoms in total. The number of carbonyl (C=O) groups excluding carboxylic acids is 1. The molecule has 0 radical (unpaired) electrons. The molecule has 0 aliphatic rings. The predicted octanol–water partition coefficient (Wildman–Crippen LogP) is 4.88. The Morgan fingerprint density at radius 2 is 1.57 bits per heavy atom. The van der Waals surface area contributed by atoms with Gasteiger partial charge in [-0.15, -0.1) is 0 Å². The summed E-state index contributed by atoms with van der Waals surface area (Å²) in [6.07, 6.45) is 0.450. The zero-order valence-corrected chi connectivity index (χ0v) is 17.9. The Morgan fingerprint density at radius 3 is 2.23 bits per heavy atom. The van der Waals surface area contributed by atoms with E-state index in [-0.39, 0.29) is 11.3 Å². The standard InChI is InChI=1S/C24H25NO4S/c1-19-13-15-23(16-14-19)30(27,28)25(21-9-4-3-5-10-21)24(26)12-7-17-29-22-11-6-8-20(2)18-22/h3-6,8-11,13-16,18H,7,12,17H2,1-2H3. The van der Waals surface area contributed by atoms with E-state index in [2.05, 4.69) is 0 Å². The van der Waals surface area contributed by atoms with Crippen LogP contribution in [-0.4, -0.2) is 20.9 Å². The minimum Gasteiger partial charge on any atom is -0.494 e. The molecule has 0 aromatic heterocycles. The second-order valence-electron chi connectivity index (χ2n) is 7.08. The Bertz CT molecular complexity index is 1090. The van der Waals surface area contributed by atoms with Gasteiger partial charge in [-0.3, -0.25) is 4.79 Å². The number of hydrogen-bond acceptors (Lipinski definition) is 4. The first-order valence-electron chi connectivity index (χ1n) is 9.77. The molecule has 0 aliphatic heterocycles. The number of anilines is 1. The molecule has 3 aromatic rings. The van der Waals surface area contributed by atoms with Gasteiger partial charge >= 0.3 is 0 Å². The highest BCUT2D eigenvalue weighted by Crippen LogP contribution is 2.25. The van der Waals surface area contributed by atoms with E-state index in [4.69, 9.17) is 4.74 Å². The largest absolute Gasteiger partial charge is 0.494 e. The molecule has 0 N–H and O–H groups in total. The van der Waals surface area contributed by atoms with Crippen LogP contribution in [-0.2, 0) is 14.8 Å². The molecule has 0 saturated heterocycles. The summed E-state index contributed by atoms with van der Waals surface area (Å²) in [5.41, 5.74) is 2.35. The smallest absolute Gasteiger partial charge is 0.270 e. The van der Waals surface area contributed by atoms with Crippen molar-refractivity contribution in [2.45, 2.75) is 31.6 Å². The molecule has 3 aromatic carbocycles. The van der Waals surface area contributed by atoms with Gasteiger partial charge < -0.3 is 4.74 Å². The molecule has 0 fully saturated rings. The van der Waals surface area contributed by atoms with Gasteiger partial charge in [0.2, 0.25) is 5.91 Å². The molecule has 0 saturated carbocycles. The van der Waals surface area contributed by atoms with Crippen molar-refractivity contribution < 1.29 is 17.9 Å². The number of carbonyl (C=O) groups is 1. The van der Waals surface area contributed by atoms with Crippen LogP contribution in [0.4, 0.5) is 5.69 Å². The van der Waals surface area contributed by atoms with E-state index in [0.717, 1.165) is 21.2 Å². The van der Waals surface area contributed by atoms with Crippen LogP contribution in [0.5, 0.6) is 5.75 Å². The molecule has 0 unspecified atom stereocenters. The van der Waals surface area contributed by atoms with Crippen LogP contribution in [0, 0.1) is 13.8 Å². The molecule has 0 heterocycles. The number of nitrogens with zero attached hydrogens (tertiary/aromatic N) is 1. The fourth-order valence-electron chi connectivity index (χ4n) is 3.02. The third-order valence-corrected chi connectivity index (χ3v) is 6.33. The number of ether oxygens (including phenoxy) is 1. The van der Waals surface area contributed by atoms with E-state index in [9.17, 15) is 13.2 Å². The van der Waals surface area contributed by atoms with E-state index >= 15 is 0 Å². The molecule has 0 spiro atoms. The fraction of sp³-hybridized carbons (Fsp3) is 0.208. The van der Waals surface area contributed by atoms with Gasteiger partial charge in [0.25, 0.3) is 10.0 Å². The number of hydrogen-bond donors (Lipinski definition) is 0. The van der Waals surface area contributed by atoms with Crippen molar-refractivity contribution in [1.82, 2.24) is 0 Å². The molecule has 30 heavy (non-hydrogen) atoms. The van der Waals surface area contributed by atoms with Gasteiger partial charge in [0.15, 0.2) is 0 Å². The van der Waals surface area contributed by atoms with Gasteiger partial charge in [-0.1, -0.05) is 48.0 Å². The second-order valence-corrected chi connectivity index (χ2v) is 8.87. The lowest BCUT2D eigenvalue weighted by molar-refractivity contribution is -0.117. The average Bonchev–Trinajstić information content (AvgIpc) is 2.72. The number of benzene rings is 3. The van der Waals surface area contributed by atoms with Crippen molar-refractivity contribution in [3.05, 3.63) is 90.0 Å². The van der Waals surface area contributed by atoms with Crippen LogP contribution < -0.4 is 9.04 Å². The minimum atomic E-state index is -4.02. The summed E-state index contributed by atoms with van der Waals surface area (Å²) in [5.74, 6) is 0.240. The van der Waals surface area contributed by atoms with E-state index in [1.807, 2.05) is 38.1 Å². The Morgan fingerprint density at radius 1 is 0.867 bits per heavy atom. The van der Waals surface area contributed by atoms with Crippen molar-refractivity contribution >= 4 is 21.6 Å². The predicted molar refractivity (Wildman–Crippen MR) is 118 cm³/mol. The molecule has 0 atom stereocenters. The van der Waals surface area contributed by atoms with Crippen molar-refractivity contribution in [3.8, 4) is 5.75 Å². The van der Waals surface area contributed by atoms with Gasteiger partial charge in [0.05, 0.1) is 17.2 Å². The highest BCUT2D eigenvalue weighted by molar-refractivity contribution is 7.93. The summed E-state index contributed by atoms with van der Waals surface area (Å²) >= 11 is 0. The van der Waals surface area contributed by atoms with E-state index in [0.29, 0.717) is 18.7 Å². The summed E-state index contributed by atoms with van der Waals surface area (Å²) < 4.78 is 33.1. The maximum Gasteiger partial charge on any atom is 0.270 e. The maximum atomic E-state index is 13.3. The first kappa shape index (κ1) is 21.6. The molecule has 3 rings (SSSR count). The summed E-state index contributed by atoms with van der Waals surface area (Å²) in [4.78, 5) is 13.1. The van der Waals surface area contributed by atoms with Crippen LogP contribution in [0.2, 0.25) is 0 Å². The first-order chi connectivity index (χ1) is 14.4. The monoisotopic (exact) mass is 423 g/mol. The lowest BCUT2D eigenvalue weighted by atomic mass is 10.2. The maximum absolute atomic E-state index is 13.3. The lowest BCUT2D eigenvalue weighted by Gasteiger charge is -2.23. The molecule has 156 valence electrons. The SMILES string of the molecule is Cc1ccc(S(=O)(=O)N(C(=O)CCCOc2cccc(C)c2)c2ccccc2)cc1. The van der Waals surface area contributed by atoms with E-state index < -0.39 is 15.9 Å². The van der Waals surface area contributed by atoms with Gasteiger partial charge in [-0.2, -0.15) is 0 Å². The third kappa shape index (κ3) is 5.27. The number of amides is 1. The zero-order valence-electron chi connectivity index (χ0n) is 17.1. The average molecular weight is 424 g/mol. The van der Waals surface area contributed by atoms with Crippen LogP contribution in [0.3, 0.4) is 0 Å². The lowest BCUT2D eigenvalue weighted by Crippen LogP contribution is -2.37. The van der Waals surface area contributed by atoms with Crippen LogP contribution in [0.15, 0.2) is 83.8 Å². The Hall–Kier alpha value is -3.12. The normalized spacial score (nSPS) is 11.1. The molecule has 0 aliphatic carbocycles. The Kier molecular flexibility index (Phi) is 6.90. The summed E-state index contributed by atoms with van der Waals surface area (Å²) in [5, 5.41) is 0. The van der Waals surface area contributed by atoms with Crippen LogP contribution >= 0.6 is 0 Å². The molecule has 1 amide bonds. The van der Waals surface area contributed by atoms with E-state index in [1.54, 1.807) is 42.5 Å². The summed E-state index contributed by atoms with van der Waals surface area (Å²) in [6.45, 7) is 4.18. The van der Waals surface area contributed by atoms with Gasteiger partial charge in [0, 0.05) is 6.42 Å². The minimum absolute atomic E-state index is 0.0474. The van der Waals surface area contributed by atoms with Crippen molar-refractivity contribution in [1.29, 1.82) is 0 Å². The topological polar surface area (TPSA) is 63.7 Å². The number of aryl methyl sites for hydroxylation is 2. The highest BCUT2D eigenvalue weighted by Gasteiger charge is 2.30. The second kappa shape index (κ2) is 9.59. The Balaban J connectivity index is 1.75. The first-order valence-corrected chi connectivity index (χ1v) is 11.2. The number of sulfonamides is 1. The van der Waals surface area contributed by atoms with E-state index in [1.165, 1.54) is 12.1 Å². The third-order valence-electron chi connectivity index (χ3n) is 4.57. The summed E-state index contributed by atoms with van der Waals surface area (Å²) in [7, 11) is -4.02. The van der Waals surface area contributed by atoms with Crippen molar-refractivity contribution in [3.63, 3.8) is 0 Å². The Labute approximate surface area is 178 Å². The van der Waals surface area contributed by atoms with Crippen LogP contribution in [0.1, 0.15) is 24.0 Å². The fourth-order valence-corrected chi connectivity index (χ4v) is 4.47.